The first kappa shape index (κ1) is 48.4. The van der Waals surface area contributed by atoms with Crippen molar-refractivity contribution in [2.75, 3.05) is 9.80 Å². The van der Waals surface area contributed by atoms with Crippen LogP contribution < -0.4 is 19.4 Å². The van der Waals surface area contributed by atoms with Crippen molar-refractivity contribution in [2.45, 2.75) is 37.7 Å². The van der Waals surface area contributed by atoms with Crippen LogP contribution in [0.25, 0.3) is 24.3 Å². The number of nitrogens with zero attached hydrogens (tertiary/aromatic N) is 2. The summed E-state index contributed by atoms with van der Waals surface area (Å²) >= 11 is 0. The highest BCUT2D eigenvalue weighted by molar-refractivity contribution is 5.92. The summed E-state index contributed by atoms with van der Waals surface area (Å²) in [7, 11) is 0. The molecular weight excluding hydrogens is 945 g/mol. The third-order valence-corrected chi connectivity index (χ3v) is 14.8. The SMILES string of the molecule is O=C(Oc1cccc2c1C1(CCc3cccc(OOCc4ccc(/C=C/c5ccc(N(c6ccccc6)c6ccccc6)cc5)cc4)c31)CC2)c1ccc(/C=C/c2ccc(N(c3ccccc3)c3ccccc3)cc2)cc1. The highest BCUT2D eigenvalue weighted by Gasteiger charge is 2.49. The monoisotopic (exact) mass is 1000 g/mol. The molecule has 0 radical (unpaired) electrons. The number of carbonyl (C=O) groups is 1. The van der Waals surface area contributed by atoms with E-state index in [-0.39, 0.29) is 18.0 Å². The molecule has 0 fully saturated rings. The molecule has 1 spiro atoms. The van der Waals surface area contributed by atoms with Crippen molar-refractivity contribution in [3.05, 3.63) is 310 Å². The number of hydrogen-bond acceptors (Lipinski definition) is 6. The molecule has 1 unspecified atom stereocenters. The molecule has 0 saturated heterocycles. The maximum Gasteiger partial charge on any atom is 0.343 e. The smallest absolute Gasteiger partial charge is 0.343 e. The van der Waals surface area contributed by atoms with E-state index in [1.54, 1.807) is 0 Å². The fraction of sp³-hybridized carbons (Fsp3) is 0.0845. The fourth-order valence-corrected chi connectivity index (χ4v) is 11.1. The second-order valence-electron chi connectivity index (χ2n) is 19.6. The van der Waals surface area contributed by atoms with Crippen molar-refractivity contribution >= 4 is 64.4 Å². The first-order valence-electron chi connectivity index (χ1n) is 26.4. The number of ether oxygens (including phenoxy) is 1. The first-order valence-corrected chi connectivity index (χ1v) is 26.4. The summed E-state index contributed by atoms with van der Waals surface area (Å²) in [5, 5.41) is 0. The summed E-state index contributed by atoms with van der Waals surface area (Å²) in [5.41, 5.74) is 16.6. The van der Waals surface area contributed by atoms with Crippen molar-refractivity contribution in [2.24, 2.45) is 0 Å². The van der Waals surface area contributed by atoms with Gasteiger partial charge in [-0.05, 0) is 162 Å². The molecule has 1 atom stereocenters. The Bertz CT molecular complexity index is 3590. The lowest BCUT2D eigenvalue weighted by molar-refractivity contribution is -0.218. The van der Waals surface area contributed by atoms with Gasteiger partial charge in [-0.1, -0.05) is 182 Å². The molecule has 0 bridgehead atoms. The second kappa shape index (κ2) is 22.2. The molecular formula is C71H56N2O4. The van der Waals surface area contributed by atoms with Crippen molar-refractivity contribution in [3.8, 4) is 11.5 Å². The summed E-state index contributed by atoms with van der Waals surface area (Å²) in [6, 6.07) is 87.1. The van der Waals surface area contributed by atoms with Crippen LogP contribution >= 0.6 is 0 Å². The van der Waals surface area contributed by atoms with Crippen molar-refractivity contribution < 1.29 is 19.3 Å². The zero-order valence-corrected chi connectivity index (χ0v) is 42.6. The quantitative estimate of drug-likeness (QED) is 0.0316. The van der Waals surface area contributed by atoms with E-state index < -0.39 is 0 Å². The van der Waals surface area contributed by atoms with E-state index in [1.165, 1.54) is 11.1 Å². The van der Waals surface area contributed by atoms with Gasteiger partial charge in [0.2, 0.25) is 0 Å². The standard InChI is InChI=1S/C71H56N2O4/c74-70(59-41-35-53(36-42-59)28-30-55-39-45-65(46-40-55)73(62-21-9-3-10-22-62)63-23-11-4-12-24-63)76-66-25-13-15-57-47-49-71(68(57)66)50-48-58-16-14-26-67(69(58)71)77-75-51-56-33-31-52(32-34-56)27-29-54-37-43-64(44-38-54)72(60-17-5-1-6-18-60)61-19-7-2-8-20-61/h1-46H,47-51H2/b29-27+,30-28+. The van der Waals surface area contributed by atoms with Crippen molar-refractivity contribution in [3.63, 3.8) is 0 Å². The number of hydrogen-bond donors (Lipinski definition) is 0. The largest absolute Gasteiger partial charge is 0.423 e. The Morgan fingerprint density at radius 2 is 0.753 bits per heavy atom. The van der Waals surface area contributed by atoms with Crippen LogP contribution in [0.1, 0.15) is 73.3 Å². The van der Waals surface area contributed by atoms with Crippen LogP contribution in [0.2, 0.25) is 0 Å². The second-order valence-corrected chi connectivity index (χ2v) is 19.6. The van der Waals surface area contributed by atoms with Gasteiger partial charge in [0, 0.05) is 50.7 Å². The lowest BCUT2D eigenvalue weighted by atomic mass is 9.76. The van der Waals surface area contributed by atoms with Crippen molar-refractivity contribution in [1.82, 2.24) is 0 Å². The molecule has 6 heteroatoms. The van der Waals surface area contributed by atoms with Crippen LogP contribution in [0.3, 0.4) is 0 Å². The highest BCUT2D eigenvalue weighted by atomic mass is 17.2. The molecule has 10 aromatic carbocycles. The Balaban J connectivity index is 0.683. The number of benzene rings is 10. The van der Waals surface area contributed by atoms with E-state index in [9.17, 15) is 4.79 Å². The molecule has 6 nitrogen and oxygen atoms in total. The predicted octanol–water partition coefficient (Wildman–Crippen LogP) is 17.9. The summed E-state index contributed by atoms with van der Waals surface area (Å²) in [4.78, 5) is 30.7. The molecule has 0 heterocycles. The summed E-state index contributed by atoms with van der Waals surface area (Å²) in [6.45, 7) is 0.284. The summed E-state index contributed by atoms with van der Waals surface area (Å²) < 4.78 is 6.34. The van der Waals surface area contributed by atoms with Gasteiger partial charge in [0.1, 0.15) is 12.4 Å². The van der Waals surface area contributed by atoms with Crippen LogP contribution in [0, 0.1) is 0 Å². The molecule has 2 aliphatic rings. The van der Waals surface area contributed by atoms with Gasteiger partial charge in [0.05, 0.1) is 5.56 Å². The van der Waals surface area contributed by atoms with Gasteiger partial charge in [-0.15, -0.1) is 0 Å². The van der Waals surface area contributed by atoms with Crippen LogP contribution in [-0.4, -0.2) is 5.97 Å². The minimum atomic E-state index is -0.385. The third-order valence-electron chi connectivity index (χ3n) is 14.8. The Kier molecular flexibility index (Phi) is 13.9. The van der Waals surface area contributed by atoms with E-state index >= 15 is 0 Å². The van der Waals surface area contributed by atoms with Gasteiger partial charge in [-0.2, -0.15) is 4.89 Å². The van der Waals surface area contributed by atoms with Gasteiger partial charge in [-0.3, -0.25) is 0 Å². The lowest BCUT2D eigenvalue weighted by Crippen LogP contribution is -2.24. The summed E-state index contributed by atoms with van der Waals surface area (Å²) in [5.74, 6) is 0.920. The number of fused-ring (bicyclic) bond motifs is 4. The number of rotatable bonds is 16. The number of carbonyl (C=O) groups excluding carboxylic acids is 1. The van der Waals surface area contributed by atoms with E-state index in [0.29, 0.717) is 17.1 Å². The van der Waals surface area contributed by atoms with E-state index in [2.05, 4.69) is 216 Å². The number of esters is 1. The zero-order chi connectivity index (χ0) is 51.8. The van der Waals surface area contributed by atoms with Crippen molar-refractivity contribution in [1.29, 1.82) is 0 Å². The summed E-state index contributed by atoms with van der Waals surface area (Å²) in [6.07, 6.45) is 12.0. The Morgan fingerprint density at radius 3 is 1.18 bits per heavy atom. The van der Waals surface area contributed by atoms with Gasteiger partial charge >= 0.3 is 5.97 Å². The van der Waals surface area contributed by atoms with E-state index in [4.69, 9.17) is 14.5 Å². The van der Waals surface area contributed by atoms with Crippen LogP contribution in [0.4, 0.5) is 34.1 Å². The molecule has 0 aromatic heterocycles. The number of para-hydroxylation sites is 4. The number of aryl methyl sites for hydroxylation is 2. The normalized spacial score (nSPS) is 14.4. The molecule has 0 aliphatic heterocycles. The lowest BCUT2D eigenvalue weighted by Gasteiger charge is -2.29. The molecule has 0 saturated carbocycles. The third kappa shape index (κ3) is 10.5. The van der Waals surface area contributed by atoms with Gasteiger partial charge in [-0.25, -0.2) is 4.79 Å². The van der Waals surface area contributed by atoms with Crippen LogP contribution in [-0.2, 0) is 29.8 Å². The van der Waals surface area contributed by atoms with Crippen LogP contribution in [0.15, 0.2) is 255 Å². The van der Waals surface area contributed by atoms with Gasteiger partial charge in [0.25, 0.3) is 0 Å². The van der Waals surface area contributed by atoms with Gasteiger partial charge < -0.3 is 19.4 Å². The Morgan fingerprint density at radius 1 is 0.390 bits per heavy atom. The Labute approximate surface area is 451 Å². The molecule has 0 N–H and O–H groups in total. The maximum absolute atomic E-state index is 13.9. The molecule has 10 aromatic rings. The van der Waals surface area contributed by atoms with E-state index in [1.807, 2.05) is 72.8 Å². The molecule has 0 amide bonds. The fourth-order valence-electron chi connectivity index (χ4n) is 11.1. The maximum atomic E-state index is 13.9. The van der Waals surface area contributed by atoms with E-state index in [0.717, 1.165) is 98.8 Å². The highest BCUT2D eigenvalue weighted by Crippen LogP contribution is 2.57. The number of anilines is 6. The average Bonchev–Trinajstić information content (AvgIpc) is 4.19. The minimum absolute atomic E-state index is 0.284. The van der Waals surface area contributed by atoms with Crippen LogP contribution in [0.5, 0.6) is 11.5 Å². The first-order chi connectivity index (χ1) is 38.0. The van der Waals surface area contributed by atoms with Gasteiger partial charge in [0.15, 0.2) is 5.75 Å². The average molecular weight is 1000 g/mol. The predicted molar refractivity (Wildman–Crippen MR) is 314 cm³/mol. The molecule has 77 heavy (non-hydrogen) atoms. The molecule has 374 valence electrons. The topological polar surface area (TPSA) is 51.2 Å². The Hall–Kier alpha value is -9.49. The zero-order valence-electron chi connectivity index (χ0n) is 42.6. The minimum Gasteiger partial charge on any atom is -0.423 e. The molecule has 2 aliphatic carbocycles. The molecule has 12 rings (SSSR count).